The smallest absolute Gasteiger partial charge is 0.275 e. The van der Waals surface area contributed by atoms with Crippen LogP contribution < -0.4 is 11.1 Å². The summed E-state index contributed by atoms with van der Waals surface area (Å²) < 4.78 is 13.3. The molecule has 88 valence electrons. The van der Waals surface area contributed by atoms with Crippen molar-refractivity contribution >= 4 is 39.7 Å². The first-order chi connectivity index (χ1) is 8.06. The van der Waals surface area contributed by atoms with Crippen molar-refractivity contribution in [2.45, 2.75) is 0 Å². The van der Waals surface area contributed by atoms with Gasteiger partial charge < -0.3 is 11.1 Å². The highest BCUT2D eigenvalue weighted by atomic mass is 35.5. The molecule has 1 aromatic heterocycles. The van der Waals surface area contributed by atoms with Gasteiger partial charge in [-0.2, -0.15) is 0 Å². The molecule has 1 amide bonds. The molecular weight excluding hydrogens is 265 g/mol. The normalized spacial score (nSPS) is 10.2. The van der Waals surface area contributed by atoms with Crippen LogP contribution in [0.1, 0.15) is 10.5 Å². The van der Waals surface area contributed by atoms with Crippen LogP contribution in [0.2, 0.25) is 5.02 Å². The third kappa shape index (κ3) is 2.72. The number of nitrogens with zero attached hydrogens (tertiary/aromatic N) is 1. The number of hydrogen-bond donors (Lipinski definition) is 2. The number of carbonyl (C=O) groups is 1. The average Bonchev–Trinajstić information content (AvgIpc) is 2.70. The van der Waals surface area contributed by atoms with Crippen LogP contribution in [0.15, 0.2) is 23.6 Å². The summed E-state index contributed by atoms with van der Waals surface area (Å²) in [5, 5.41) is 4.48. The molecule has 7 heteroatoms. The second-order valence-electron chi connectivity index (χ2n) is 3.15. The Bertz CT molecular complexity index is 572. The topological polar surface area (TPSA) is 68.0 Å². The van der Waals surface area contributed by atoms with E-state index in [1.165, 1.54) is 23.6 Å². The molecule has 0 radical (unpaired) electrons. The molecule has 0 atom stereocenters. The van der Waals surface area contributed by atoms with E-state index in [9.17, 15) is 9.18 Å². The first kappa shape index (κ1) is 11.8. The number of nitrogens with two attached hydrogens (primary N) is 1. The van der Waals surface area contributed by atoms with Crippen molar-refractivity contribution in [1.82, 2.24) is 4.98 Å². The number of benzene rings is 1. The molecule has 17 heavy (non-hydrogen) atoms. The molecule has 0 aliphatic rings. The first-order valence-electron chi connectivity index (χ1n) is 4.53. The molecule has 0 saturated heterocycles. The highest BCUT2D eigenvalue weighted by molar-refractivity contribution is 7.13. The Labute approximate surface area is 105 Å². The molecule has 2 aromatic rings. The second kappa shape index (κ2) is 4.68. The lowest BCUT2D eigenvalue weighted by Gasteiger charge is -2.04. The van der Waals surface area contributed by atoms with Gasteiger partial charge in [-0.15, -0.1) is 11.3 Å². The van der Waals surface area contributed by atoms with Crippen LogP contribution in [-0.4, -0.2) is 10.9 Å². The van der Waals surface area contributed by atoms with Gasteiger partial charge in [-0.1, -0.05) is 11.6 Å². The minimum Gasteiger partial charge on any atom is -0.375 e. The van der Waals surface area contributed by atoms with Crippen LogP contribution in [0.5, 0.6) is 0 Å². The van der Waals surface area contributed by atoms with E-state index >= 15 is 0 Å². The molecule has 0 spiro atoms. The zero-order chi connectivity index (χ0) is 12.4. The largest absolute Gasteiger partial charge is 0.375 e. The van der Waals surface area contributed by atoms with E-state index in [1.807, 2.05) is 0 Å². The molecule has 0 saturated carbocycles. The van der Waals surface area contributed by atoms with Crippen molar-refractivity contribution in [1.29, 1.82) is 0 Å². The number of amides is 1. The lowest BCUT2D eigenvalue weighted by atomic mass is 10.3. The van der Waals surface area contributed by atoms with Gasteiger partial charge >= 0.3 is 0 Å². The SMILES string of the molecule is Nc1nc(C(=O)Nc2cc(Cl)ccc2F)cs1. The van der Waals surface area contributed by atoms with E-state index < -0.39 is 11.7 Å². The number of rotatable bonds is 2. The summed E-state index contributed by atoms with van der Waals surface area (Å²) in [5.74, 6) is -1.09. The van der Waals surface area contributed by atoms with Gasteiger partial charge in [0.05, 0.1) is 5.69 Å². The molecule has 1 aromatic carbocycles. The Kier molecular flexibility index (Phi) is 3.26. The molecule has 2 rings (SSSR count). The van der Waals surface area contributed by atoms with E-state index in [4.69, 9.17) is 17.3 Å². The predicted octanol–water partition coefficient (Wildman–Crippen LogP) is 2.77. The van der Waals surface area contributed by atoms with Gasteiger partial charge in [0, 0.05) is 10.4 Å². The van der Waals surface area contributed by atoms with Gasteiger partial charge in [0.2, 0.25) is 0 Å². The minimum atomic E-state index is -0.564. The van der Waals surface area contributed by atoms with E-state index in [0.29, 0.717) is 5.02 Å². The first-order valence-corrected chi connectivity index (χ1v) is 5.79. The fourth-order valence-corrected chi connectivity index (χ4v) is 1.89. The van der Waals surface area contributed by atoms with Crippen LogP contribution >= 0.6 is 22.9 Å². The van der Waals surface area contributed by atoms with E-state index in [-0.39, 0.29) is 16.5 Å². The summed E-state index contributed by atoms with van der Waals surface area (Å²) in [7, 11) is 0. The maximum Gasteiger partial charge on any atom is 0.275 e. The van der Waals surface area contributed by atoms with Gasteiger partial charge in [-0.3, -0.25) is 4.79 Å². The van der Waals surface area contributed by atoms with Crippen molar-refractivity contribution < 1.29 is 9.18 Å². The van der Waals surface area contributed by atoms with Crippen LogP contribution in [-0.2, 0) is 0 Å². The summed E-state index contributed by atoms with van der Waals surface area (Å²) in [6.45, 7) is 0. The molecule has 0 bridgehead atoms. The Morgan fingerprint density at radius 1 is 1.53 bits per heavy atom. The average molecular weight is 272 g/mol. The quantitative estimate of drug-likeness (QED) is 0.882. The van der Waals surface area contributed by atoms with Crippen molar-refractivity contribution in [2.24, 2.45) is 0 Å². The van der Waals surface area contributed by atoms with E-state index in [0.717, 1.165) is 11.3 Å². The number of nitrogen functional groups attached to an aromatic ring is 1. The lowest BCUT2D eigenvalue weighted by Crippen LogP contribution is -2.13. The third-order valence-electron chi connectivity index (χ3n) is 1.93. The van der Waals surface area contributed by atoms with E-state index in [1.54, 1.807) is 0 Å². The number of halogens is 2. The molecule has 0 unspecified atom stereocenters. The fourth-order valence-electron chi connectivity index (χ4n) is 1.17. The summed E-state index contributed by atoms with van der Waals surface area (Å²) in [5.41, 5.74) is 5.55. The van der Waals surface area contributed by atoms with Crippen LogP contribution in [0.25, 0.3) is 0 Å². The monoisotopic (exact) mass is 271 g/mol. The summed E-state index contributed by atoms with van der Waals surface area (Å²) in [6.07, 6.45) is 0. The summed E-state index contributed by atoms with van der Waals surface area (Å²) in [4.78, 5) is 15.4. The maximum atomic E-state index is 13.3. The highest BCUT2D eigenvalue weighted by Gasteiger charge is 2.12. The summed E-state index contributed by atoms with van der Waals surface area (Å²) in [6, 6.07) is 3.89. The van der Waals surface area contributed by atoms with E-state index in [2.05, 4.69) is 10.3 Å². The molecular formula is C10H7ClFN3OS. The Balaban J connectivity index is 2.21. The van der Waals surface area contributed by atoms with Crippen LogP contribution in [0.4, 0.5) is 15.2 Å². The zero-order valence-corrected chi connectivity index (χ0v) is 9.98. The Morgan fingerprint density at radius 3 is 2.94 bits per heavy atom. The maximum absolute atomic E-state index is 13.3. The van der Waals surface area contributed by atoms with Crippen molar-refractivity contribution in [3.8, 4) is 0 Å². The van der Waals surface area contributed by atoms with Crippen molar-refractivity contribution in [2.75, 3.05) is 11.1 Å². The van der Waals surface area contributed by atoms with Crippen LogP contribution in [0, 0.1) is 5.82 Å². The van der Waals surface area contributed by atoms with Crippen molar-refractivity contribution in [3.63, 3.8) is 0 Å². The Morgan fingerprint density at radius 2 is 2.29 bits per heavy atom. The molecule has 3 N–H and O–H groups in total. The second-order valence-corrected chi connectivity index (χ2v) is 4.48. The number of thiazole rings is 1. The summed E-state index contributed by atoms with van der Waals surface area (Å²) >= 11 is 6.84. The number of nitrogens with one attached hydrogen (secondary N) is 1. The standard InChI is InChI=1S/C10H7ClFN3OS/c11-5-1-2-6(12)7(3-5)14-9(16)8-4-17-10(13)15-8/h1-4H,(H2,13,15)(H,14,16). The van der Waals surface area contributed by atoms with Gasteiger partial charge in [-0.05, 0) is 18.2 Å². The highest BCUT2D eigenvalue weighted by Crippen LogP contribution is 2.20. The van der Waals surface area contributed by atoms with Gasteiger partial charge in [0.25, 0.3) is 5.91 Å². The molecule has 4 nitrogen and oxygen atoms in total. The predicted molar refractivity (Wildman–Crippen MR) is 65.9 cm³/mol. The molecule has 0 aliphatic carbocycles. The van der Waals surface area contributed by atoms with Gasteiger partial charge in [-0.25, -0.2) is 9.37 Å². The minimum absolute atomic E-state index is 0.00840. The van der Waals surface area contributed by atoms with Gasteiger partial charge in [0.1, 0.15) is 11.5 Å². The fraction of sp³-hybridized carbons (Fsp3) is 0. The van der Waals surface area contributed by atoms with Gasteiger partial charge in [0.15, 0.2) is 5.13 Å². The number of anilines is 2. The Hall–Kier alpha value is -1.66. The zero-order valence-electron chi connectivity index (χ0n) is 8.41. The van der Waals surface area contributed by atoms with Crippen molar-refractivity contribution in [3.05, 3.63) is 40.1 Å². The lowest BCUT2D eigenvalue weighted by molar-refractivity contribution is 0.102. The molecule has 0 aliphatic heterocycles. The van der Waals surface area contributed by atoms with Crippen LogP contribution in [0.3, 0.4) is 0 Å². The number of carbonyl (C=O) groups excluding carboxylic acids is 1. The molecule has 0 fully saturated rings. The molecule has 1 heterocycles. The number of aromatic nitrogens is 1. The third-order valence-corrected chi connectivity index (χ3v) is 2.84. The number of hydrogen-bond acceptors (Lipinski definition) is 4.